The Morgan fingerprint density at radius 3 is 2.09 bits per heavy atom. The van der Waals surface area contributed by atoms with Crippen molar-refractivity contribution in [3.05, 3.63) is 0 Å². The molecule has 2 aliphatic rings. The zero-order valence-corrected chi connectivity index (χ0v) is 14.0. The second kappa shape index (κ2) is 6.88. The van der Waals surface area contributed by atoms with Crippen molar-refractivity contribution >= 4 is 12.1 Å². The van der Waals surface area contributed by atoms with Gasteiger partial charge in [-0.15, -0.1) is 0 Å². The number of ether oxygens (including phenoxy) is 1. The van der Waals surface area contributed by atoms with Crippen molar-refractivity contribution in [3.8, 4) is 0 Å². The molecule has 0 heterocycles. The van der Waals surface area contributed by atoms with Gasteiger partial charge >= 0.3 is 12.1 Å². The van der Waals surface area contributed by atoms with Gasteiger partial charge in [-0.2, -0.15) is 0 Å². The summed E-state index contributed by atoms with van der Waals surface area (Å²) in [5, 5.41) is 9.11. The average Bonchev–Trinajstić information content (AvgIpc) is 2.35. The molecule has 0 atom stereocenters. The Hall–Kier alpha value is -1.26. The monoisotopic (exact) mass is 311 g/mol. The van der Waals surface area contributed by atoms with Crippen molar-refractivity contribution in [3.63, 3.8) is 0 Å². The Morgan fingerprint density at radius 1 is 1.09 bits per heavy atom. The fraction of sp³-hybridized carbons (Fsp3) is 0.882. The van der Waals surface area contributed by atoms with Crippen molar-refractivity contribution in [2.24, 2.45) is 11.8 Å². The first kappa shape index (κ1) is 17.1. The van der Waals surface area contributed by atoms with E-state index in [9.17, 15) is 9.59 Å². The van der Waals surface area contributed by atoms with Gasteiger partial charge in [0.25, 0.3) is 0 Å². The summed E-state index contributed by atoms with van der Waals surface area (Å²) in [4.78, 5) is 25.5. The number of aliphatic carboxylic acids is 1. The standard InChI is InChI=1S/C17H29NO4/c1-17(2,3)22-16(21)18(11-12-5-4-6-12)14-9-7-13(8-10-14)15(19)20/h12-14H,4-11H2,1-3H3,(H,19,20). The molecule has 2 saturated carbocycles. The number of amides is 1. The minimum absolute atomic E-state index is 0.131. The molecule has 0 spiro atoms. The Labute approximate surface area is 133 Å². The Kier molecular flexibility index (Phi) is 5.35. The topological polar surface area (TPSA) is 66.8 Å². The van der Waals surface area contributed by atoms with Gasteiger partial charge < -0.3 is 14.7 Å². The van der Waals surface area contributed by atoms with Gasteiger partial charge in [-0.1, -0.05) is 6.42 Å². The molecule has 0 aromatic carbocycles. The minimum Gasteiger partial charge on any atom is -0.481 e. The lowest BCUT2D eigenvalue weighted by Gasteiger charge is -2.40. The van der Waals surface area contributed by atoms with Crippen LogP contribution in [0.25, 0.3) is 0 Å². The number of hydrogen-bond acceptors (Lipinski definition) is 3. The maximum atomic E-state index is 12.5. The molecule has 0 aromatic rings. The van der Waals surface area contributed by atoms with Gasteiger partial charge in [0.15, 0.2) is 0 Å². The summed E-state index contributed by atoms with van der Waals surface area (Å²) < 4.78 is 5.57. The van der Waals surface area contributed by atoms with Crippen molar-refractivity contribution in [1.29, 1.82) is 0 Å². The second-order valence-corrected chi connectivity index (χ2v) is 7.77. The smallest absolute Gasteiger partial charge is 0.410 e. The van der Waals surface area contributed by atoms with Gasteiger partial charge in [-0.3, -0.25) is 4.79 Å². The van der Waals surface area contributed by atoms with Crippen LogP contribution in [0, 0.1) is 11.8 Å². The predicted octanol–water partition coefficient (Wildman–Crippen LogP) is 3.67. The first-order chi connectivity index (χ1) is 10.3. The van der Waals surface area contributed by atoms with Crippen LogP contribution < -0.4 is 0 Å². The van der Waals surface area contributed by atoms with E-state index in [1.54, 1.807) is 0 Å². The largest absolute Gasteiger partial charge is 0.481 e. The Morgan fingerprint density at radius 2 is 1.68 bits per heavy atom. The molecule has 2 rings (SSSR count). The van der Waals surface area contributed by atoms with E-state index in [0.717, 1.165) is 19.4 Å². The molecular formula is C17H29NO4. The fourth-order valence-electron chi connectivity index (χ4n) is 3.28. The first-order valence-electron chi connectivity index (χ1n) is 8.48. The number of nitrogens with zero attached hydrogens (tertiary/aromatic N) is 1. The maximum absolute atomic E-state index is 12.5. The van der Waals surface area contributed by atoms with Gasteiger partial charge in [-0.25, -0.2) is 4.79 Å². The van der Waals surface area contributed by atoms with Crippen molar-refractivity contribution in [2.75, 3.05) is 6.54 Å². The van der Waals surface area contributed by atoms with E-state index < -0.39 is 11.6 Å². The first-order valence-corrected chi connectivity index (χ1v) is 8.48. The maximum Gasteiger partial charge on any atom is 0.410 e. The Balaban J connectivity index is 1.98. The molecule has 5 heteroatoms. The Bertz CT molecular complexity index is 403. The third-order valence-electron chi connectivity index (χ3n) is 4.79. The lowest BCUT2D eigenvalue weighted by atomic mass is 9.82. The molecule has 0 aromatic heterocycles. The van der Waals surface area contributed by atoms with E-state index in [4.69, 9.17) is 9.84 Å². The van der Waals surface area contributed by atoms with E-state index in [1.165, 1.54) is 19.3 Å². The molecule has 1 N–H and O–H groups in total. The van der Waals surface area contributed by atoms with Crippen molar-refractivity contribution < 1.29 is 19.4 Å². The van der Waals surface area contributed by atoms with Gasteiger partial charge in [0.05, 0.1) is 5.92 Å². The summed E-state index contributed by atoms with van der Waals surface area (Å²) in [6.07, 6.45) is 6.23. The van der Waals surface area contributed by atoms with Crippen LogP contribution in [0.2, 0.25) is 0 Å². The normalized spacial score (nSPS) is 26.1. The van der Waals surface area contributed by atoms with Gasteiger partial charge in [0.2, 0.25) is 0 Å². The zero-order valence-electron chi connectivity index (χ0n) is 14.0. The summed E-state index contributed by atoms with van der Waals surface area (Å²) in [6, 6.07) is 0.131. The van der Waals surface area contributed by atoms with E-state index in [0.29, 0.717) is 18.8 Å². The lowest BCUT2D eigenvalue weighted by Crippen LogP contribution is -2.48. The molecule has 22 heavy (non-hydrogen) atoms. The van der Waals surface area contributed by atoms with Crippen LogP contribution in [-0.4, -0.2) is 40.3 Å². The number of carbonyl (C=O) groups is 2. The number of carboxylic acids is 1. The predicted molar refractivity (Wildman–Crippen MR) is 83.7 cm³/mol. The van der Waals surface area contributed by atoms with Crippen LogP contribution >= 0.6 is 0 Å². The third kappa shape index (κ3) is 4.62. The van der Waals surface area contributed by atoms with Crippen molar-refractivity contribution in [2.45, 2.75) is 77.4 Å². The molecule has 2 fully saturated rings. The molecule has 0 bridgehead atoms. The van der Waals surface area contributed by atoms with Crippen LogP contribution in [0.1, 0.15) is 65.7 Å². The van der Waals surface area contributed by atoms with Crippen LogP contribution in [0.15, 0.2) is 0 Å². The molecular weight excluding hydrogens is 282 g/mol. The number of hydrogen-bond donors (Lipinski definition) is 1. The zero-order chi connectivity index (χ0) is 16.3. The number of carboxylic acid groups (broad SMARTS) is 1. The molecule has 0 saturated heterocycles. The third-order valence-corrected chi connectivity index (χ3v) is 4.79. The molecule has 2 aliphatic carbocycles. The molecule has 1 amide bonds. The summed E-state index contributed by atoms with van der Waals surface area (Å²) in [5.41, 5.74) is -0.493. The van der Waals surface area contributed by atoms with Crippen LogP contribution in [0.4, 0.5) is 4.79 Å². The summed E-state index contributed by atoms with van der Waals surface area (Å²) in [5.74, 6) is -0.369. The van der Waals surface area contributed by atoms with Crippen LogP contribution in [0.3, 0.4) is 0 Å². The highest BCUT2D eigenvalue weighted by Gasteiger charge is 2.35. The number of rotatable bonds is 4. The highest BCUT2D eigenvalue weighted by Crippen LogP contribution is 2.33. The molecule has 0 unspecified atom stereocenters. The average molecular weight is 311 g/mol. The highest BCUT2D eigenvalue weighted by atomic mass is 16.6. The van der Waals surface area contributed by atoms with Gasteiger partial charge in [0, 0.05) is 12.6 Å². The quantitative estimate of drug-likeness (QED) is 0.860. The molecule has 126 valence electrons. The van der Waals surface area contributed by atoms with Crippen LogP contribution in [-0.2, 0) is 9.53 Å². The van der Waals surface area contributed by atoms with Gasteiger partial charge in [-0.05, 0) is 65.2 Å². The summed E-state index contributed by atoms with van der Waals surface area (Å²) in [6.45, 7) is 6.41. The lowest BCUT2D eigenvalue weighted by molar-refractivity contribution is -0.143. The number of carbonyl (C=O) groups excluding carboxylic acids is 1. The van der Waals surface area contributed by atoms with E-state index >= 15 is 0 Å². The summed E-state index contributed by atoms with van der Waals surface area (Å²) >= 11 is 0. The SMILES string of the molecule is CC(C)(C)OC(=O)N(CC1CCC1)C1CCC(C(=O)O)CC1. The second-order valence-electron chi connectivity index (χ2n) is 7.77. The highest BCUT2D eigenvalue weighted by molar-refractivity contribution is 5.70. The van der Waals surface area contributed by atoms with Gasteiger partial charge in [0.1, 0.15) is 5.60 Å². The van der Waals surface area contributed by atoms with Crippen molar-refractivity contribution in [1.82, 2.24) is 4.90 Å². The van der Waals surface area contributed by atoms with Crippen LogP contribution in [0.5, 0.6) is 0 Å². The minimum atomic E-state index is -0.707. The summed E-state index contributed by atoms with van der Waals surface area (Å²) in [7, 11) is 0. The van der Waals surface area contributed by atoms with E-state index in [2.05, 4.69) is 0 Å². The molecule has 5 nitrogen and oxygen atoms in total. The molecule has 0 radical (unpaired) electrons. The molecule has 0 aliphatic heterocycles. The van der Waals surface area contributed by atoms with E-state index in [1.807, 2.05) is 25.7 Å². The van der Waals surface area contributed by atoms with E-state index in [-0.39, 0.29) is 18.1 Å². The fourth-order valence-corrected chi connectivity index (χ4v) is 3.28.